The maximum atomic E-state index is 4.88. The van der Waals surface area contributed by atoms with E-state index in [1.807, 2.05) is 12.3 Å². The number of pyridine rings is 1. The third-order valence-corrected chi connectivity index (χ3v) is 10.6. The summed E-state index contributed by atoms with van der Waals surface area (Å²) in [4.78, 5) is 4.88. The molecule has 5 atom stereocenters. The van der Waals surface area contributed by atoms with E-state index in [0.717, 1.165) is 16.5 Å². The summed E-state index contributed by atoms with van der Waals surface area (Å²) >= 11 is 0. The van der Waals surface area contributed by atoms with Crippen molar-refractivity contribution in [3.05, 3.63) is 186 Å². The van der Waals surface area contributed by atoms with Crippen molar-refractivity contribution in [3.63, 3.8) is 0 Å². The van der Waals surface area contributed by atoms with Gasteiger partial charge in [0, 0.05) is 17.1 Å². The van der Waals surface area contributed by atoms with Crippen molar-refractivity contribution in [1.82, 2.24) is 20.3 Å². The minimum atomic E-state index is -0.0269. The molecule has 0 saturated carbocycles. The van der Waals surface area contributed by atoms with Crippen LogP contribution in [0, 0.1) is 13.8 Å². The smallest absolute Gasteiger partial charge is 0.119 e. The van der Waals surface area contributed by atoms with Gasteiger partial charge in [-0.05, 0) is 99.1 Å². The maximum absolute atomic E-state index is 4.88. The molecule has 4 heteroatoms. The van der Waals surface area contributed by atoms with E-state index in [-0.39, 0.29) is 18.5 Å². The largest absolute Gasteiger partial charge is 0.276 e. The molecule has 0 bridgehead atoms. The first-order valence-electron chi connectivity index (χ1n) is 17.5. The lowest BCUT2D eigenvalue weighted by molar-refractivity contribution is 0.314. The van der Waals surface area contributed by atoms with Gasteiger partial charge in [-0.25, -0.2) is 0 Å². The number of aromatic nitrogens is 1. The van der Waals surface area contributed by atoms with E-state index in [9.17, 15) is 0 Å². The SMILES string of the molecule is Cc1ccc(C2NC(c3cc(-c4cc5ccccc5c5ccccc45)cc(-c4cccc5cccnc45)c3)N3C(c4ccc(C)cc4)N23)cc1. The molecule has 8 aromatic rings. The number of benzene rings is 7. The Kier molecular flexibility index (Phi) is 6.71. The van der Waals surface area contributed by atoms with Gasteiger partial charge in [-0.2, -0.15) is 10.0 Å². The number of nitrogens with zero attached hydrogens (tertiary/aromatic N) is 3. The van der Waals surface area contributed by atoms with Crippen molar-refractivity contribution in [2.45, 2.75) is 32.3 Å². The highest BCUT2D eigenvalue weighted by Crippen LogP contribution is 2.57. The second kappa shape index (κ2) is 11.5. The van der Waals surface area contributed by atoms with Crippen LogP contribution in [0.5, 0.6) is 0 Å². The van der Waals surface area contributed by atoms with Crippen LogP contribution in [0.1, 0.15) is 46.3 Å². The number of nitrogens with one attached hydrogen (secondary N) is 1. The number of hydrogen-bond donors (Lipinski definition) is 1. The molecule has 0 radical (unpaired) electrons. The van der Waals surface area contributed by atoms with Crippen LogP contribution in [0.15, 0.2) is 158 Å². The summed E-state index contributed by atoms with van der Waals surface area (Å²) in [5.41, 5.74) is 12.1. The molecule has 1 aromatic heterocycles. The van der Waals surface area contributed by atoms with Crippen LogP contribution in [0.2, 0.25) is 0 Å². The second-order valence-corrected chi connectivity index (χ2v) is 13.8. The first kappa shape index (κ1) is 29.3. The van der Waals surface area contributed by atoms with Crippen LogP contribution in [-0.2, 0) is 0 Å². The van der Waals surface area contributed by atoms with Crippen LogP contribution >= 0.6 is 0 Å². The molecule has 0 aliphatic carbocycles. The standard InChI is InChI=1S/C46H36N4/c1-29-16-20-32(21-17-29)44-48-45(50-46(49(44)50)33-22-18-30(2)19-23-33)37-26-35(39-15-7-10-31-11-8-24-47-43(31)39)25-36(27-37)42-28-34-9-3-4-12-38(34)40-13-5-6-14-41(40)42/h3-28,44-46,48H,1-2H3. The van der Waals surface area contributed by atoms with E-state index in [2.05, 4.69) is 175 Å². The molecule has 2 fully saturated rings. The maximum Gasteiger partial charge on any atom is 0.119 e. The van der Waals surface area contributed by atoms with Gasteiger partial charge in [0.05, 0.1) is 5.52 Å². The molecule has 7 aromatic carbocycles. The van der Waals surface area contributed by atoms with Crippen molar-refractivity contribution >= 4 is 32.4 Å². The minimum absolute atomic E-state index is 0.0269. The number of hydrazine groups is 1. The molecule has 240 valence electrons. The normalized spacial score (nSPS) is 21.1. The fourth-order valence-corrected chi connectivity index (χ4v) is 8.09. The fourth-order valence-electron chi connectivity index (χ4n) is 8.09. The summed E-state index contributed by atoms with van der Waals surface area (Å²) in [7, 11) is 0. The predicted octanol–water partition coefficient (Wildman–Crippen LogP) is 11.0. The van der Waals surface area contributed by atoms with E-state index in [0.29, 0.717) is 0 Å². The summed E-state index contributed by atoms with van der Waals surface area (Å²) in [6.45, 7) is 4.31. The van der Waals surface area contributed by atoms with Gasteiger partial charge in [0.1, 0.15) is 18.5 Å². The molecule has 2 aliphatic rings. The molecule has 1 N–H and O–H groups in total. The zero-order valence-corrected chi connectivity index (χ0v) is 28.1. The molecule has 4 nitrogen and oxygen atoms in total. The summed E-state index contributed by atoms with van der Waals surface area (Å²) in [6.07, 6.45) is 2.11. The quantitative estimate of drug-likeness (QED) is 0.149. The Labute approximate surface area is 292 Å². The van der Waals surface area contributed by atoms with Gasteiger partial charge in [-0.15, -0.1) is 0 Å². The average molecular weight is 645 g/mol. The highest BCUT2D eigenvalue weighted by atomic mass is 15.9. The minimum Gasteiger partial charge on any atom is -0.276 e. The van der Waals surface area contributed by atoms with Crippen molar-refractivity contribution in [2.24, 2.45) is 0 Å². The van der Waals surface area contributed by atoms with Crippen LogP contribution in [0.25, 0.3) is 54.7 Å². The van der Waals surface area contributed by atoms with Gasteiger partial charge in [-0.1, -0.05) is 132 Å². The van der Waals surface area contributed by atoms with Crippen LogP contribution in [0.3, 0.4) is 0 Å². The van der Waals surface area contributed by atoms with E-state index in [1.54, 1.807) is 0 Å². The summed E-state index contributed by atoms with van der Waals surface area (Å²) in [6, 6.07) is 55.8. The van der Waals surface area contributed by atoms with E-state index >= 15 is 0 Å². The molecule has 50 heavy (non-hydrogen) atoms. The lowest BCUT2D eigenvalue weighted by atomic mass is 9.89. The summed E-state index contributed by atoms with van der Waals surface area (Å²) < 4.78 is 0. The number of para-hydroxylation sites is 1. The number of fused-ring (bicyclic) bond motifs is 5. The van der Waals surface area contributed by atoms with Gasteiger partial charge in [0.2, 0.25) is 0 Å². The van der Waals surface area contributed by atoms with Gasteiger partial charge < -0.3 is 0 Å². The lowest BCUT2D eigenvalue weighted by Gasteiger charge is -2.23. The van der Waals surface area contributed by atoms with Crippen LogP contribution in [0.4, 0.5) is 0 Å². The Morgan fingerprint density at radius 2 is 1.08 bits per heavy atom. The molecule has 0 amide bonds. The van der Waals surface area contributed by atoms with Gasteiger partial charge in [0.15, 0.2) is 0 Å². The number of aryl methyl sites for hydroxylation is 2. The molecule has 2 saturated heterocycles. The molecular weight excluding hydrogens is 609 g/mol. The molecule has 3 heterocycles. The monoisotopic (exact) mass is 644 g/mol. The highest BCUT2D eigenvalue weighted by molar-refractivity contribution is 6.14. The molecule has 10 rings (SSSR count). The van der Waals surface area contributed by atoms with E-state index in [4.69, 9.17) is 4.98 Å². The van der Waals surface area contributed by atoms with Gasteiger partial charge in [0.25, 0.3) is 0 Å². The zero-order chi connectivity index (χ0) is 33.3. The summed E-state index contributed by atoms with van der Waals surface area (Å²) in [5, 5.41) is 15.3. The lowest BCUT2D eigenvalue weighted by Crippen LogP contribution is -2.27. The van der Waals surface area contributed by atoms with Gasteiger partial charge >= 0.3 is 0 Å². The van der Waals surface area contributed by atoms with Crippen molar-refractivity contribution in [1.29, 1.82) is 0 Å². The molecular formula is C46H36N4. The predicted molar refractivity (Wildman–Crippen MR) is 205 cm³/mol. The Bertz CT molecular complexity index is 2570. The van der Waals surface area contributed by atoms with Crippen molar-refractivity contribution < 1.29 is 0 Å². The Hall–Kier alpha value is -5.65. The molecule has 0 spiro atoms. The van der Waals surface area contributed by atoms with Crippen molar-refractivity contribution in [3.8, 4) is 22.3 Å². The topological polar surface area (TPSA) is 30.9 Å². The Morgan fingerprint density at radius 1 is 0.480 bits per heavy atom. The number of hydrogen-bond acceptors (Lipinski definition) is 4. The third kappa shape index (κ3) is 4.76. The average Bonchev–Trinajstić information content (AvgIpc) is 3.77. The number of rotatable bonds is 5. The molecule has 2 aliphatic heterocycles. The van der Waals surface area contributed by atoms with E-state index < -0.39 is 0 Å². The van der Waals surface area contributed by atoms with Crippen molar-refractivity contribution in [2.75, 3.05) is 0 Å². The third-order valence-electron chi connectivity index (χ3n) is 10.6. The first-order chi connectivity index (χ1) is 24.6. The Balaban J connectivity index is 1.19. The van der Waals surface area contributed by atoms with Gasteiger partial charge in [-0.3, -0.25) is 10.3 Å². The van der Waals surface area contributed by atoms with Crippen LogP contribution < -0.4 is 5.32 Å². The zero-order valence-electron chi connectivity index (χ0n) is 28.1. The highest BCUT2D eigenvalue weighted by Gasteiger charge is 2.60. The fraction of sp³-hybridized carbons (Fsp3) is 0.109. The van der Waals surface area contributed by atoms with Crippen LogP contribution in [-0.4, -0.2) is 15.0 Å². The summed E-state index contributed by atoms with van der Waals surface area (Å²) in [5.74, 6) is 0. The molecule has 5 unspecified atom stereocenters. The second-order valence-electron chi connectivity index (χ2n) is 13.8. The Morgan fingerprint density at radius 3 is 1.84 bits per heavy atom. The first-order valence-corrected chi connectivity index (χ1v) is 17.5. The van der Waals surface area contributed by atoms with E-state index in [1.165, 1.54) is 66.1 Å².